The molecule has 2 rings (SSSR count). The molecule has 2 aromatic rings. The van der Waals surface area contributed by atoms with E-state index in [0.29, 0.717) is 6.61 Å². The molecule has 0 aliphatic rings. The summed E-state index contributed by atoms with van der Waals surface area (Å²) in [6.07, 6.45) is 8.40. The fraction of sp³-hybridized carbons (Fsp3) is 0.467. The summed E-state index contributed by atoms with van der Waals surface area (Å²) >= 11 is 0. The van der Waals surface area contributed by atoms with Gasteiger partial charge in [-0.2, -0.15) is 0 Å². The summed E-state index contributed by atoms with van der Waals surface area (Å²) in [4.78, 5) is 8.48. The van der Waals surface area contributed by atoms with Gasteiger partial charge in [-0.05, 0) is 31.5 Å². The molecule has 1 N–H and O–H groups in total. The van der Waals surface area contributed by atoms with Crippen molar-refractivity contribution in [2.75, 3.05) is 13.2 Å². The predicted octanol–water partition coefficient (Wildman–Crippen LogP) is 2.30. The maximum absolute atomic E-state index is 5.54. The van der Waals surface area contributed by atoms with Crippen LogP contribution in [-0.4, -0.2) is 27.7 Å². The van der Waals surface area contributed by atoms with E-state index in [1.807, 2.05) is 43.3 Å². The topological polar surface area (TPSA) is 52.0 Å². The summed E-state index contributed by atoms with van der Waals surface area (Å²) < 4.78 is 7.56. The molecule has 2 aromatic heterocycles. The quantitative estimate of drug-likeness (QED) is 0.841. The Hall–Kier alpha value is -1.88. The number of imidazole rings is 1. The van der Waals surface area contributed by atoms with Crippen LogP contribution in [0.1, 0.15) is 37.6 Å². The zero-order valence-corrected chi connectivity index (χ0v) is 12.3. The molecule has 2 heterocycles. The van der Waals surface area contributed by atoms with Crippen LogP contribution in [0.2, 0.25) is 0 Å². The minimum atomic E-state index is 0.0790. The smallest absolute Gasteiger partial charge is 0.137 e. The molecule has 108 valence electrons. The molecule has 1 atom stereocenters. The first kappa shape index (κ1) is 14.5. The molecule has 0 fully saturated rings. The third-order valence-electron chi connectivity index (χ3n) is 3.13. The molecule has 0 spiro atoms. The molecule has 0 aromatic carbocycles. The Bertz CT molecular complexity index is 538. The highest BCUT2D eigenvalue weighted by molar-refractivity contribution is 5.31. The van der Waals surface area contributed by atoms with Gasteiger partial charge in [0.05, 0.1) is 37.1 Å². The van der Waals surface area contributed by atoms with E-state index >= 15 is 0 Å². The summed E-state index contributed by atoms with van der Waals surface area (Å²) in [6.45, 7) is 5.71. The van der Waals surface area contributed by atoms with Crippen molar-refractivity contribution in [3.8, 4) is 5.75 Å². The van der Waals surface area contributed by atoms with E-state index in [4.69, 9.17) is 4.74 Å². The number of hydrogen-bond donors (Lipinski definition) is 1. The number of hydrogen-bond acceptors (Lipinski definition) is 4. The number of nitrogens with zero attached hydrogens (tertiary/aromatic N) is 3. The Kier molecular flexibility index (Phi) is 5.12. The molecule has 20 heavy (non-hydrogen) atoms. The Balaban J connectivity index is 2.31. The maximum Gasteiger partial charge on any atom is 0.137 e. The van der Waals surface area contributed by atoms with Crippen molar-refractivity contribution >= 4 is 0 Å². The van der Waals surface area contributed by atoms with Gasteiger partial charge in [-0.1, -0.05) is 6.92 Å². The standard InChI is InChI=1S/C15H22N4O/c1-4-6-18-15(14-10-17-11-19(14)3)12-7-13(20-5-2)9-16-8-12/h7-11,15,18H,4-6H2,1-3H3. The van der Waals surface area contributed by atoms with Crippen molar-refractivity contribution in [2.45, 2.75) is 26.3 Å². The number of aromatic nitrogens is 3. The Labute approximate surface area is 120 Å². The first-order chi connectivity index (χ1) is 9.76. The number of nitrogens with one attached hydrogen (secondary N) is 1. The molecule has 0 aliphatic heterocycles. The lowest BCUT2D eigenvalue weighted by Crippen LogP contribution is -2.25. The predicted molar refractivity (Wildman–Crippen MR) is 78.8 cm³/mol. The number of ether oxygens (including phenoxy) is 1. The number of rotatable bonds is 7. The van der Waals surface area contributed by atoms with Crippen LogP contribution in [-0.2, 0) is 7.05 Å². The minimum absolute atomic E-state index is 0.0790. The van der Waals surface area contributed by atoms with Crippen LogP contribution in [0.3, 0.4) is 0 Å². The van der Waals surface area contributed by atoms with Crippen molar-refractivity contribution in [3.05, 3.63) is 42.2 Å². The SMILES string of the molecule is CCCNC(c1cncc(OCC)c1)c1cncn1C. The largest absolute Gasteiger partial charge is 0.492 e. The molecule has 1 unspecified atom stereocenters. The first-order valence-corrected chi connectivity index (χ1v) is 7.03. The highest BCUT2D eigenvalue weighted by Gasteiger charge is 2.17. The third-order valence-corrected chi connectivity index (χ3v) is 3.13. The molecular formula is C15H22N4O. The van der Waals surface area contributed by atoms with Crippen LogP contribution < -0.4 is 10.1 Å². The second-order valence-corrected chi connectivity index (χ2v) is 4.70. The van der Waals surface area contributed by atoms with Crippen LogP contribution in [0.15, 0.2) is 31.0 Å². The van der Waals surface area contributed by atoms with Gasteiger partial charge in [0, 0.05) is 13.2 Å². The molecule has 0 amide bonds. The Morgan fingerprint density at radius 3 is 2.75 bits per heavy atom. The van der Waals surface area contributed by atoms with Crippen molar-refractivity contribution in [1.29, 1.82) is 0 Å². The molecule has 0 saturated heterocycles. The van der Waals surface area contributed by atoms with Crippen molar-refractivity contribution in [2.24, 2.45) is 7.05 Å². The second kappa shape index (κ2) is 7.05. The van der Waals surface area contributed by atoms with E-state index in [0.717, 1.165) is 30.0 Å². The summed E-state index contributed by atoms with van der Waals surface area (Å²) in [5, 5.41) is 3.54. The zero-order chi connectivity index (χ0) is 14.4. The van der Waals surface area contributed by atoms with E-state index < -0.39 is 0 Å². The number of pyridine rings is 1. The van der Waals surface area contributed by atoms with Crippen molar-refractivity contribution in [1.82, 2.24) is 19.9 Å². The second-order valence-electron chi connectivity index (χ2n) is 4.70. The first-order valence-electron chi connectivity index (χ1n) is 7.03. The van der Waals surface area contributed by atoms with Crippen molar-refractivity contribution in [3.63, 3.8) is 0 Å². The zero-order valence-electron chi connectivity index (χ0n) is 12.3. The average Bonchev–Trinajstić information content (AvgIpc) is 2.87. The van der Waals surface area contributed by atoms with Gasteiger partial charge in [0.2, 0.25) is 0 Å². The van der Waals surface area contributed by atoms with E-state index in [1.54, 1.807) is 6.20 Å². The van der Waals surface area contributed by atoms with Gasteiger partial charge in [-0.15, -0.1) is 0 Å². The molecule has 5 heteroatoms. The summed E-state index contributed by atoms with van der Waals surface area (Å²) in [5.74, 6) is 0.801. The molecule has 0 aliphatic carbocycles. The molecular weight excluding hydrogens is 252 g/mol. The molecule has 0 saturated carbocycles. The van der Waals surface area contributed by atoms with E-state index in [1.165, 1.54) is 0 Å². The minimum Gasteiger partial charge on any atom is -0.492 e. The van der Waals surface area contributed by atoms with Gasteiger partial charge in [0.25, 0.3) is 0 Å². The summed E-state index contributed by atoms with van der Waals surface area (Å²) in [7, 11) is 2.00. The van der Waals surface area contributed by atoms with Crippen LogP contribution in [0.4, 0.5) is 0 Å². The fourth-order valence-corrected chi connectivity index (χ4v) is 2.17. The maximum atomic E-state index is 5.54. The molecule has 0 radical (unpaired) electrons. The Morgan fingerprint density at radius 1 is 1.25 bits per heavy atom. The van der Waals surface area contributed by atoms with Crippen LogP contribution in [0, 0.1) is 0 Å². The third kappa shape index (κ3) is 3.36. The van der Waals surface area contributed by atoms with E-state index in [9.17, 15) is 0 Å². The lowest BCUT2D eigenvalue weighted by Gasteiger charge is -2.19. The van der Waals surface area contributed by atoms with Gasteiger partial charge in [-0.3, -0.25) is 4.98 Å². The average molecular weight is 274 g/mol. The number of aryl methyl sites for hydroxylation is 1. The monoisotopic (exact) mass is 274 g/mol. The van der Waals surface area contributed by atoms with Gasteiger partial charge in [0.15, 0.2) is 0 Å². The highest BCUT2D eigenvalue weighted by Crippen LogP contribution is 2.23. The summed E-state index contributed by atoms with van der Waals surface area (Å²) in [5.41, 5.74) is 2.21. The van der Waals surface area contributed by atoms with Crippen molar-refractivity contribution < 1.29 is 4.74 Å². The van der Waals surface area contributed by atoms with Crippen LogP contribution >= 0.6 is 0 Å². The fourth-order valence-electron chi connectivity index (χ4n) is 2.17. The van der Waals surface area contributed by atoms with Crippen LogP contribution in [0.5, 0.6) is 5.75 Å². The molecule has 0 bridgehead atoms. The lowest BCUT2D eigenvalue weighted by molar-refractivity contribution is 0.338. The van der Waals surface area contributed by atoms with Gasteiger partial charge in [0.1, 0.15) is 5.75 Å². The normalized spacial score (nSPS) is 12.3. The van der Waals surface area contributed by atoms with E-state index in [-0.39, 0.29) is 6.04 Å². The van der Waals surface area contributed by atoms with Gasteiger partial charge < -0.3 is 14.6 Å². The Morgan fingerprint density at radius 2 is 2.10 bits per heavy atom. The summed E-state index contributed by atoms with van der Waals surface area (Å²) in [6, 6.07) is 2.12. The van der Waals surface area contributed by atoms with Gasteiger partial charge in [-0.25, -0.2) is 4.98 Å². The van der Waals surface area contributed by atoms with Crippen LogP contribution in [0.25, 0.3) is 0 Å². The highest BCUT2D eigenvalue weighted by atomic mass is 16.5. The van der Waals surface area contributed by atoms with Gasteiger partial charge >= 0.3 is 0 Å². The lowest BCUT2D eigenvalue weighted by atomic mass is 10.1. The van der Waals surface area contributed by atoms with E-state index in [2.05, 4.69) is 22.2 Å². The molecule has 5 nitrogen and oxygen atoms in total.